The van der Waals surface area contributed by atoms with Gasteiger partial charge in [0.1, 0.15) is 31.0 Å². The van der Waals surface area contributed by atoms with Crippen molar-refractivity contribution >= 4 is 6.29 Å². The van der Waals surface area contributed by atoms with Crippen molar-refractivity contribution in [3.63, 3.8) is 0 Å². The van der Waals surface area contributed by atoms with Crippen molar-refractivity contribution in [1.29, 1.82) is 0 Å². The van der Waals surface area contributed by atoms with Crippen molar-refractivity contribution in [2.75, 3.05) is 13.2 Å². The van der Waals surface area contributed by atoms with Crippen LogP contribution in [0, 0.1) is 0 Å². The van der Waals surface area contributed by atoms with E-state index in [-0.39, 0.29) is 5.41 Å². The van der Waals surface area contributed by atoms with Crippen LogP contribution in [0.25, 0.3) is 0 Å². The number of hydrogen-bond acceptors (Lipinski definition) is 3. The quantitative estimate of drug-likeness (QED) is 0.590. The van der Waals surface area contributed by atoms with E-state index in [9.17, 15) is 4.79 Å². The molecule has 0 amide bonds. The van der Waals surface area contributed by atoms with Crippen LogP contribution in [-0.2, 0) is 5.41 Å². The van der Waals surface area contributed by atoms with E-state index in [2.05, 4.69) is 20.8 Å². The van der Waals surface area contributed by atoms with Crippen LogP contribution < -0.4 is 9.47 Å². The lowest BCUT2D eigenvalue weighted by atomic mass is 9.85. The largest absolute Gasteiger partial charge is 0.490 e. The van der Waals surface area contributed by atoms with E-state index >= 15 is 0 Å². The molecule has 0 heterocycles. The standard InChI is InChI=1S/C19H22O3/c1-19(2,3)17-13-15(14-20)9-10-18(17)22-12-11-21-16-7-5-4-6-8-16/h4-10,13-14H,11-12H2,1-3H3. The van der Waals surface area contributed by atoms with Crippen molar-refractivity contribution in [3.05, 3.63) is 59.7 Å². The van der Waals surface area contributed by atoms with Gasteiger partial charge in [-0.3, -0.25) is 4.79 Å². The number of hydrogen-bond donors (Lipinski definition) is 0. The van der Waals surface area contributed by atoms with Gasteiger partial charge in [-0.1, -0.05) is 39.0 Å². The smallest absolute Gasteiger partial charge is 0.150 e. The average molecular weight is 298 g/mol. The monoisotopic (exact) mass is 298 g/mol. The van der Waals surface area contributed by atoms with Crippen molar-refractivity contribution in [1.82, 2.24) is 0 Å². The van der Waals surface area contributed by atoms with Gasteiger partial charge in [0.25, 0.3) is 0 Å². The van der Waals surface area contributed by atoms with Gasteiger partial charge in [-0.05, 0) is 35.7 Å². The zero-order valence-corrected chi connectivity index (χ0v) is 13.3. The summed E-state index contributed by atoms with van der Waals surface area (Å²) < 4.78 is 11.5. The molecular weight excluding hydrogens is 276 g/mol. The molecule has 0 spiro atoms. The third kappa shape index (κ3) is 4.35. The molecule has 0 bridgehead atoms. The molecule has 22 heavy (non-hydrogen) atoms. The fraction of sp³-hybridized carbons (Fsp3) is 0.316. The second-order valence-electron chi connectivity index (χ2n) is 6.13. The second kappa shape index (κ2) is 7.12. The predicted molar refractivity (Wildman–Crippen MR) is 88.0 cm³/mol. The minimum absolute atomic E-state index is 0.0887. The van der Waals surface area contributed by atoms with Crippen molar-refractivity contribution < 1.29 is 14.3 Å². The van der Waals surface area contributed by atoms with Gasteiger partial charge < -0.3 is 9.47 Å². The molecule has 0 radical (unpaired) electrons. The Morgan fingerprint density at radius 3 is 2.27 bits per heavy atom. The topological polar surface area (TPSA) is 35.5 Å². The number of para-hydroxylation sites is 1. The molecule has 0 aliphatic rings. The van der Waals surface area contributed by atoms with Gasteiger partial charge in [-0.2, -0.15) is 0 Å². The molecule has 0 N–H and O–H groups in total. The highest BCUT2D eigenvalue weighted by Crippen LogP contribution is 2.32. The van der Waals surface area contributed by atoms with Gasteiger partial charge in [0.2, 0.25) is 0 Å². The van der Waals surface area contributed by atoms with Gasteiger partial charge in [-0.25, -0.2) is 0 Å². The summed E-state index contributed by atoms with van der Waals surface area (Å²) in [6, 6.07) is 15.2. The molecule has 3 heteroatoms. The molecule has 0 unspecified atom stereocenters. The van der Waals surface area contributed by atoms with Gasteiger partial charge >= 0.3 is 0 Å². The van der Waals surface area contributed by atoms with E-state index in [0.29, 0.717) is 18.8 Å². The van der Waals surface area contributed by atoms with Crippen LogP contribution in [0.3, 0.4) is 0 Å². The Bertz CT molecular complexity index is 612. The number of aldehydes is 1. The van der Waals surface area contributed by atoms with E-state index in [0.717, 1.165) is 23.3 Å². The Labute approximate surface area is 131 Å². The summed E-state index contributed by atoms with van der Waals surface area (Å²) in [5, 5.41) is 0. The first-order valence-corrected chi connectivity index (χ1v) is 7.41. The number of rotatable bonds is 6. The maximum atomic E-state index is 11.0. The minimum atomic E-state index is -0.0887. The Morgan fingerprint density at radius 2 is 1.64 bits per heavy atom. The van der Waals surface area contributed by atoms with E-state index in [1.165, 1.54) is 0 Å². The summed E-state index contributed by atoms with van der Waals surface area (Å²) in [7, 11) is 0. The molecule has 2 rings (SSSR count). The van der Waals surface area contributed by atoms with Crippen molar-refractivity contribution in [3.8, 4) is 11.5 Å². The molecule has 0 aliphatic heterocycles. The summed E-state index contributed by atoms with van der Waals surface area (Å²) in [6.07, 6.45) is 0.859. The molecule has 0 atom stereocenters. The van der Waals surface area contributed by atoms with Crippen LogP contribution >= 0.6 is 0 Å². The summed E-state index contributed by atoms with van der Waals surface area (Å²) in [5.74, 6) is 1.63. The van der Waals surface area contributed by atoms with Crippen LogP contribution in [0.2, 0.25) is 0 Å². The second-order valence-corrected chi connectivity index (χ2v) is 6.13. The SMILES string of the molecule is CC(C)(C)c1cc(C=O)ccc1OCCOc1ccccc1. The van der Waals surface area contributed by atoms with E-state index in [1.807, 2.05) is 42.5 Å². The summed E-state index contributed by atoms with van der Waals surface area (Å²) in [4.78, 5) is 11.0. The highest BCUT2D eigenvalue weighted by Gasteiger charge is 2.19. The number of benzene rings is 2. The summed E-state index contributed by atoms with van der Waals surface area (Å²) in [5.41, 5.74) is 1.60. The molecule has 0 saturated carbocycles. The Kier molecular flexibility index (Phi) is 5.21. The summed E-state index contributed by atoms with van der Waals surface area (Å²) >= 11 is 0. The first kappa shape index (κ1) is 16.1. The molecule has 0 aromatic heterocycles. The molecular formula is C19H22O3. The zero-order chi connectivity index (χ0) is 16.0. The minimum Gasteiger partial charge on any atom is -0.490 e. The third-order valence-corrected chi connectivity index (χ3v) is 3.30. The highest BCUT2D eigenvalue weighted by molar-refractivity contribution is 5.76. The molecule has 2 aromatic rings. The Hall–Kier alpha value is -2.29. The Morgan fingerprint density at radius 1 is 0.955 bits per heavy atom. The predicted octanol–water partition coefficient (Wildman–Crippen LogP) is 4.25. The first-order valence-electron chi connectivity index (χ1n) is 7.41. The maximum Gasteiger partial charge on any atom is 0.150 e. The van der Waals surface area contributed by atoms with Crippen molar-refractivity contribution in [2.24, 2.45) is 0 Å². The zero-order valence-electron chi connectivity index (χ0n) is 13.3. The number of carbonyl (C=O) groups is 1. The number of carbonyl (C=O) groups excluding carboxylic acids is 1. The van der Waals surface area contributed by atoms with E-state index in [4.69, 9.17) is 9.47 Å². The van der Waals surface area contributed by atoms with Gasteiger partial charge in [0.15, 0.2) is 0 Å². The van der Waals surface area contributed by atoms with E-state index < -0.39 is 0 Å². The fourth-order valence-electron chi connectivity index (χ4n) is 2.16. The van der Waals surface area contributed by atoms with Gasteiger partial charge in [0, 0.05) is 11.1 Å². The molecule has 3 nitrogen and oxygen atoms in total. The van der Waals surface area contributed by atoms with Crippen LogP contribution in [0.15, 0.2) is 48.5 Å². The number of ether oxygens (including phenoxy) is 2. The lowest BCUT2D eigenvalue weighted by Crippen LogP contribution is -2.16. The molecule has 116 valence electrons. The van der Waals surface area contributed by atoms with Crippen LogP contribution in [-0.4, -0.2) is 19.5 Å². The van der Waals surface area contributed by atoms with Crippen LogP contribution in [0.4, 0.5) is 0 Å². The van der Waals surface area contributed by atoms with Gasteiger partial charge in [-0.15, -0.1) is 0 Å². The lowest BCUT2D eigenvalue weighted by Gasteiger charge is -2.23. The van der Waals surface area contributed by atoms with Crippen LogP contribution in [0.5, 0.6) is 11.5 Å². The fourth-order valence-corrected chi connectivity index (χ4v) is 2.16. The Balaban J connectivity index is 1.99. The highest BCUT2D eigenvalue weighted by atomic mass is 16.5. The lowest BCUT2D eigenvalue weighted by molar-refractivity contribution is 0.112. The average Bonchev–Trinajstić information content (AvgIpc) is 2.51. The summed E-state index contributed by atoms with van der Waals surface area (Å²) in [6.45, 7) is 7.24. The van der Waals surface area contributed by atoms with Crippen LogP contribution in [0.1, 0.15) is 36.7 Å². The van der Waals surface area contributed by atoms with Gasteiger partial charge in [0.05, 0.1) is 0 Å². The van der Waals surface area contributed by atoms with Crippen molar-refractivity contribution in [2.45, 2.75) is 26.2 Å². The normalized spacial score (nSPS) is 11.0. The third-order valence-electron chi connectivity index (χ3n) is 3.30. The first-order chi connectivity index (χ1) is 10.5. The molecule has 2 aromatic carbocycles. The molecule has 0 fully saturated rings. The maximum absolute atomic E-state index is 11.0. The molecule has 0 aliphatic carbocycles. The van der Waals surface area contributed by atoms with E-state index in [1.54, 1.807) is 6.07 Å². The molecule has 0 saturated heterocycles.